The Morgan fingerprint density at radius 1 is 1.41 bits per heavy atom. The van der Waals surface area contributed by atoms with Crippen molar-refractivity contribution in [3.05, 3.63) is 0 Å². The van der Waals surface area contributed by atoms with Gasteiger partial charge in [0.2, 0.25) is 5.91 Å². The Bertz CT molecular complexity index is 279. The van der Waals surface area contributed by atoms with Gasteiger partial charge in [-0.2, -0.15) is 0 Å². The lowest BCUT2D eigenvalue weighted by atomic mass is 9.84. The molecule has 2 fully saturated rings. The Morgan fingerprint density at radius 2 is 2.18 bits per heavy atom. The summed E-state index contributed by atoms with van der Waals surface area (Å²) in [6, 6.07) is 0.500. The summed E-state index contributed by atoms with van der Waals surface area (Å²) in [4.78, 5) is 13.5. The van der Waals surface area contributed by atoms with E-state index in [1.54, 1.807) is 4.90 Å². The molecule has 0 saturated heterocycles. The number of hydrogen-bond donors (Lipinski definition) is 1. The summed E-state index contributed by atoms with van der Waals surface area (Å²) in [6.45, 7) is 5.56. The third-order valence-electron chi connectivity index (χ3n) is 4.91. The molecular weight excluding hydrogens is 212 g/mol. The highest BCUT2D eigenvalue weighted by molar-refractivity contribution is 5.77. The van der Waals surface area contributed by atoms with E-state index in [4.69, 9.17) is 0 Å². The fourth-order valence-electron chi connectivity index (χ4n) is 3.62. The minimum Gasteiger partial charge on any atom is -0.345 e. The van der Waals surface area contributed by atoms with Crippen LogP contribution in [-0.4, -0.2) is 37.0 Å². The Balaban J connectivity index is 1.74. The van der Waals surface area contributed by atoms with Gasteiger partial charge in [-0.05, 0) is 50.9 Å². The molecule has 1 amide bonds. The molecule has 2 aliphatic carbocycles. The van der Waals surface area contributed by atoms with Crippen molar-refractivity contribution < 1.29 is 4.79 Å². The van der Waals surface area contributed by atoms with Crippen molar-refractivity contribution in [2.75, 3.05) is 20.1 Å². The first-order chi connectivity index (χ1) is 8.11. The molecule has 3 nitrogen and oxygen atoms in total. The fraction of sp³-hybridized carbons (Fsp3) is 0.929. The van der Waals surface area contributed by atoms with Crippen LogP contribution < -0.4 is 5.32 Å². The number of rotatable bonds is 5. The lowest BCUT2D eigenvalue weighted by Gasteiger charge is -2.29. The molecule has 0 aliphatic heterocycles. The second-order valence-corrected chi connectivity index (χ2v) is 5.92. The summed E-state index contributed by atoms with van der Waals surface area (Å²) >= 11 is 0. The molecule has 0 heterocycles. The van der Waals surface area contributed by atoms with E-state index in [1.807, 2.05) is 14.0 Å². The molecule has 0 aromatic heterocycles. The normalized spacial score (nSPS) is 32.8. The molecule has 4 atom stereocenters. The van der Waals surface area contributed by atoms with Crippen LogP contribution >= 0.6 is 0 Å². The highest BCUT2D eigenvalue weighted by Crippen LogP contribution is 2.49. The van der Waals surface area contributed by atoms with E-state index >= 15 is 0 Å². The van der Waals surface area contributed by atoms with Gasteiger partial charge < -0.3 is 10.2 Å². The van der Waals surface area contributed by atoms with Crippen molar-refractivity contribution in [3.63, 3.8) is 0 Å². The molecular formula is C14H26N2O. The molecule has 2 rings (SSSR count). The Labute approximate surface area is 105 Å². The third kappa shape index (κ3) is 2.82. The zero-order chi connectivity index (χ0) is 12.4. The predicted octanol–water partition coefficient (Wildman–Crippen LogP) is 1.88. The standard InChI is InChI=1S/C14H26N2O/c1-4-16(3)14(17)9-15-10(2)13-8-11-5-6-12(13)7-11/h10-13,15H,4-9H2,1-3H3. The second-order valence-electron chi connectivity index (χ2n) is 5.92. The van der Waals surface area contributed by atoms with E-state index < -0.39 is 0 Å². The van der Waals surface area contributed by atoms with E-state index in [9.17, 15) is 4.79 Å². The van der Waals surface area contributed by atoms with Crippen molar-refractivity contribution in [2.24, 2.45) is 17.8 Å². The van der Waals surface area contributed by atoms with Crippen LogP contribution in [0.4, 0.5) is 0 Å². The second kappa shape index (κ2) is 5.38. The van der Waals surface area contributed by atoms with Gasteiger partial charge in [0.05, 0.1) is 6.54 Å². The maximum atomic E-state index is 11.7. The number of nitrogens with one attached hydrogen (secondary N) is 1. The van der Waals surface area contributed by atoms with Gasteiger partial charge in [0.15, 0.2) is 0 Å². The molecule has 17 heavy (non-hydrogen) atoms. The lowest BCUT2D eigenvalue weighted by molar-refractivity contribution is -0.128. The van der Waals surface area contributed by atoms with Crippen LogP contribution in [-0.2, 0) is 4.79 Å². The van der Waals surface area contributed by atoms with Crippen molar-refractivity contribution >= 4 is 5.91 Å². The van der Waals surface area contributed by atoms with E-state index in [0.29, 0.717) is 12.6 Å². The summed E-state index contributed by atoms with van der Waals surface area (Å²) in [6.07, 6.45) is 5.70. The number of carbonyl (C=O) groups is 1. The molecule has 0 aromatic carbocycles. The molecule has 2 aliphatic rings. The van der Waals surface area contributed by atoms with Crippen molar-refractivity contribution in [1.82, 2.24) is 10.2 Å². The molecule has 0 spiro atoms. The lowest BCUT2D eigenvalue weighted by Crippen LogP contribution is -2.43. The van der Waals surface area contributed by atoms with Gasteiger partial charge >= 0.3 is 0 Å². The zero-order valence-electron chi connectivity index (χ0n) is 11.4. The summed E-state index contributed by atoms with van der Waals surface area (Å²) in [7, 11) is 1.87. The van der Waals surface area contributed by atoms with Crippen LogP contribution in [0.2, 0.25) is 0 Å². The zero-order valence-corrected chi connectivity index (χ0v) is 11.4. The number of amides is 1. The Morgan fingerprint density at radius 3 is 2.71 bits per heavy atom. The maximum Gasteiger partial charge on any atom is 0.236 e. The van der Waals surface area contributed by atoms with E-state index in [0.717, 1.165) is 24.3 Å². The first-order valence-electron chi connectivity index (χ1n) is 7.09. The number of likely N-dealkylation sites (N-methyl/N-ethyl adjacent to an activating group) is 1. The summed E-state index contributed by atoms with van der Waals surface area (Å²) < 4.78 is 0. The molecule has 2 saturated carbocycles. The van der Waals surface area contributed by atoms with Gasteiger partial charge in [0, 0.05) is 19.6 Å². The minimum absolute atomic E-state index is 0.211. The van der Waals surface area contributed by atoms with E-state index in [-0.39, 0.29) is 5.91 Å². The highest BCUT2D eigenvalue weighted by atomic mass is 16.2. The number of nitrogens with zero attached hydrogens (tertiary/aromatic N) is 1. The minimum atomic E-state index is 0.211. The molecule has 4 unspecified atom stereocenters. The quantitative estimate of drug-likeness (QED) is 0.793. The summed E-state index contributed by atoms with van der Waals surface area (Å²) in [5, 5.41) is 3.43. The molecule has 0 aromatic rings. The number of carbonyl (C=O) groups excluding carboxylic acids is 1. The molecule has 0 radical (unpaired) electrons. The van der Waals surface area contributed by atoms with Crippen LogP contribution in [0.5, 0.6) is 0 Å². The summed E-state index contributed by atoms with van der Waals surface area (Å²) in [5.41, 5.74) is 0. The van der Waals surface area contributed by atoms with Crippen LogP contribution in [0.15, 0.2) is 0 Å². The Hall–Kier alpha value is -0.570. The average molecular weight is 238 g/mol. The van der Waals surface area contributed by atoms with E-state index in [2.05, 4.69) is 12.2 Å². The highest BCUT2D eigenvalue weighted by Gasteiger charge is 2.41. The first-order valence-corrected chi connectivity index (χ1v) is 7.09. The van der Waals surface area contributed by atoms with Crippen LogP contribution in [0.25, 0.3) is 0 Å². The van der Waals surface area contributed by atoms with Crippen LogP contribution in [0.3, 0.4) is 0 Å². The van der Waals surface area contributed by atoms with Crippen molar-refractivity contribution in [1.29, 1.82) is 0 Å². The molecule has 1 N–H and O–H groups in total. The SMILES string of the molecule is CCN(C)C(=O)CNC(C)C1CC2CCC1C2. The van der Waals surface area contributed by atoms with Crippen molar-refractivity contribution in [2.45, 2.75) is 45.6 Å². The van der Waals surface area contributed by atoms with Gasteiger partial charge in [-0.25, -0.2) is 0 Å². The predicted molar refractivity (Wildman–Crippen MR) is 69.7 cm³/mol. The average Bonchev–Trinajstić information content (AvgIpc) is 2.96. The third-order valence-corrected chi connectivity index (χ3v) is 4.91. The van der Waals surface area contributed by atoms with Crippen LogP contribution in [0.1, 0.15) is 39.5 Å². The van der Waals surface area contributed by atoms with Gasteiger partial charge in [-0.1, -0.05) is 6.42 Å². The van der Waals surface area contributed by atoms with Gasteiger partial charge in [0.25, 0.3) is 0 Å². The van der Waals surface area contributed by atoms with Gasteiger partial charge in [0.1, 0.15) is 0 Å². The van der Waals surface area contributed by atoms with Gasteiger partial charge in [-0.15, -0.1) is 0 Å². The molecule has 98 valence electrons. The van der Waals surface area contributed by atoms with Gasteiger partial charge in [-0.3, -0.25) is 4.79 Å². The molecule has 2 bridgehead atoms. The topological polar surface area (TPSA) is 32.3 Å². The van der Waals surface area contributed by atoms with Crippen LogP contribution in [0, 0.1) is 17.8 Å². The maximum absolute atomic E-state index is 11.7. The van der Waals surface area contributed by atoms with Crippen molar-refractivity contribution in [3.8, 4) is 0 Å². The Kier molecular flexibility index (Phi) is 4.08. The fourth-order valence-corrected chi connectivity index (χ4v) is 3.62. The number of fused-ring (bicyclic) bond motifs is 2. The molecule has 3 heteroatoms. The largest absolute Gasteiger partial charge is 0.345 e. The monoisotopic (exact) mass is 238 g/mol. The summed E-state index contributed by atoms with van der Waals surface area (Å²) in [5.74, 6) is 2.95. The smallest absolute Gasteiger partial charge is 0.236 e. The first kappa shape index (κ1) is 12.9. The number of hydrogen-bond acceptors (Lipinski definition) is 2. The van der Waals surface area contributed by atoms with E-state index in [1.165, 1.54) is 25.7 Å².